The molecule has 0 heterocycles. The first-order valence-corrected chi connectivity index (χ1v) is 3.67. The second kappa shape index (κ2) is 5.19. The number of carbonyl (C=O) groups excluding carboxylic acids is 1. The minimum atomic E-state index is -0.0777. The second-order valence-electron chi connectivity index (χ2n) is 2.03. The normalized spacial score (nSPS) is 11.7. The molecule has 0 fully saturated rings. The molecule has 0 aliphatic heterocycles. The Bertz CT molecular complexity index is 150. The summed E-state index contributed by atoms with van der Waals surface area (Å²) in [6, 6.07) is 0.0599. The van der Waals surface area contributed by atoms with Crippen LogP contribution in [0.25, 0.3) is 0 Å². The van der Waals surface area contributed by atoms with Crippen LogP contribution in [0.15, 0.2) is 0 Å². The molecule has 1 atom stereocenters. The Kier molecular flexibility index (Phi) is 4.87. The third-order valence-corrected chi connectivity index (χ3v) is 1.26. The number of hydrogen-bond donors (Lipinski definition) is 2. The maximum Gasteiger partial charge on any atom is 0.229 e. The lowest BCUT2D eigenvalue weighted by molar-refractivity contribution is -0.119. The van der Waals surface area contributed by atoms with Crippen LogP contribution in [0.3, 0.4) is 0 Å². The van der Waals surface area contributed by atoms with Crippen LogP contribution in [0, 0.1) is 12.3 Å². The van der Waals surface area contributed by atoms with Crippen molar-refractivity contribution in [1.29, 1.82) is 0 Å². The average Bonchev–Trinajstić information content (AvgIpc) is 1.88. The Morgan fingerprint density at radius 1 is 1.90 bits per heavy atom. The molecule has 0 aromatic heterocycles. The maximum atomic E-state index is 10.6. The number of amides is 1. The largest absolute Gasteiger partial charge is 0.352 e. The highest BCUT2D eigenvalue weighted by atomic mass is 32.1. The molecule has 2 nitrogen and oxygen atoms in total. The van der Waals surface area contributed by atoms with Gasteiger partial charge in [-0.25, -0.2) is 0 Å². The summed E-state index contributed by atoms with van der Waals surface area (Å²) in [4.78, 5) is 10.6. The van der Waals surface area contributed by atoms with Gasteiger partial charge in [-0.15, -0.1) is 12.3 Å². The molecule has 1 unspecified atom stereocenters. The lowest BCUT2D eigenvalue weighted by Gasteiger charge is -2.08. The van der Waals surface area contributed by atoms with Gasteiger partial charge in [-0.1, -0.05) is 0 Å². The molecular weight excluding hydrogens is 146 g/mol. The molecule has 0 aliphatic carbocycles. The quantitative estimate of drug-likeness (QED) is 0.452. The molecular formula is C7H11NOS. The smallest absolute Gasteiger partial charge is 0.229 e. The zero-order valence-corrected chi connectivity index (χ0v) is 6.82. The molecule has 0 bridgehead atoms. The number of nitrogens with one attached hydrogen (secondary N) is 1. The number of hydrogen-bond acceptors (Lipinski definition) is 2. The highest BCUT2D eigenvalue weighted by molar-refractivity contribution is 7.81. The number of carbonyl (C=O) groups is 1. The van der Waals surface area contributed by atoms with Crippen LogP contribution in [0.2, 0.25) is 0 Å². The summed E-state index contributed by atoms with van der Waals surface area (Å²) in [5.41, 5.74) is 0. The van der Waals surface area contributed by atoms with Crippen molar-refractivity contribution >= 4 is 18.5 Å². The van der Waals surface area contributed by atoms with Gasteiger partial charge in [0.15, 0.2) is 0 Å². The van der Waals surface area contributed by atoms with Gasteiger partial charge in [-0.2, -0.15) is 12.6 Å². The Hall–Kier alpha value is -0.620. The second-order valence-corrected chi connectivity index (χ2v) is 2.35. The highest BCUT2D eigenvalue weighted by Gasteiger charge is 2.02. The standard InChI is InChI=1S/C7H11NOS/c1-3-4-6(2)8-7(9)5-10/h1,6,10H,4-5H2,2H3,(H,8,9). The van der Waals surface area contributed by atoms with E-state index in [1.807, 2.05) is 6.92 Å². The fraction of sp³-hybridized carbons (Fsp3) is 0.571. The van der Waals surface area contributed by atoms with Crippen LogP contribution in [-0.4, -0.2) is 17.7 Å². The van der Waals surface area contributed by atoms with E-state index in [4.69, 9.17) is 6.42 Å². The van der Waals surface area contributed by atoms with Crippen LogP contribution in [-0.2, 0) is 4.79 Å². The molecule has 0 spiro atoms. The van der Waals surface area contributed by atoms with E-state index in [2.05, 4.69) is 23.9 Å². The van der Waals surface area contributed by atoms with E-state index >= 15 is 0 Å². The van der Waals surface area contributed by atoms with Gasteiger partial charge in [0.1, 0.15) is 0 Å². The van der Waals surface area contributed by atoms with Crippen LogP contribution < -0.4 is 5.32 Å². The zero-order chi connectivity index (χ0) is 7.98. The number of thiol groups is 1. The highest BCUT2D eigenvalue weighted by Crippen LogP contribution is 1.87. The summed E-state index contributed by atoms with van der Waals surface area (Å²) in [5.74, 6) is 2.60. The predicted octanol–water partition coefficient (Wildman–Crippen LogP) is 0.444. The topological polar surface area (TPSA) is 29.1 Å². The van der Waals surface area contributed by atoms with Gasteiger partial charge in [-0.3, -0.25) is 4.79 Å². The molecule has 56 valence electrons. The summed E-state index contributed by atoms with van der Waals surface area (Å²) in [6.45, 7) is 1.86. The Morgan fingerprint density at radius 2 is 2.50 bits per heavy atom. The van der Waals surface area contributed by atoms with Crippen molar-refractivity contribution in [2.75, 3.05) is 5.75 Å². The molecule has 0 aliphatic rings. The molecule has 3 heteroatoms. The van der Waals surface area contributed by atoms with Gasteiger partial charge < -0.3 is 5.32 Å². The van der Waals surface area contributed by atoms with Crippen LogP contribution in [0.4, 0.5) is 0 Å². The Balaban J connectivity index is 3.49. The SMILES string of the molecule is C#CCC(C)NC(=O)CS. The molecule has 1 N–H and O–H groups in total. The van der Waals surface area contributed by atoms with Crippen LogP contribution >= 0.6 is 12.6 Å². The molecule has 0 saturated heterocycles. The molecule has 0 rings (SSSR count). The van der Waals surface area contributed by atoms with E-state index in [0.717, 1.165) is 0 Å². The van der Waals surface area contributed by atoms with Crippen LogP contribution in [0.1, 0.15) is 13.3 Å². The van der Waals surface area contributed by atoms with Gasteiger partial charge in [0, 0.05) is 12.5 Å². The fourth-order valence-corrected chi connectivity index (χ4v) is 0.640. The molecule has 0 saturated carbocycles. The first-order valence-electron chi connectivity index (χ1n) is 3.04. The Morgan fingerprint density at radius 3 is 2.90 bits per heavy atom. The maximum absolute atomic E-state index is 10.6. The first-order chi connectivity index (χ1) is 4.70. The minimum Gasteiger partial charge on any atom is -0.352 e. The lowest BCUT2D eigenvalue weighted by atomic mass is 10.2. The van der Waals surface area contributed by atoms with Crippen LogP contribution in [0.5, 0.6) is 0 Å². The van der Waals surface area contributed by atoms with E-state index < -0.39 is 0 Å². The first kappa shape index (κ1) is 9.38. The third kappa shape index (κ3) is 4.28. The molecule has 0 radical (unpaired) electrons. The van der Waals surface area contributed by atoms with E-state index in [1.165, 1.54) is 0 Å². The summed E-state index contributed by atoms with van der Waals surface area (Å²) >= 11 is 3.79. The van der Waals surface area contributed by atoms with E-state index in [1.54, 1.807) is 0 Å². The molecule has 0 aromatic carbocycles. The van der Waals surface area contributed by atoms with Crippen molar-refractivity contribution in [2.45, 2.75) is 19.4 Å². The van der Waals surface area contributed by atoms with Crippen molar-refractivity contribution in [1.82, 2.24) is 5.32 Å². The van der Waals surface area contributed by atoms with Crippen molar-refractivity contribution in [3.05, 3.63) is 0 Å². The summed E-state index contributed by atoms with van der Waals surface area (Å²) < 4.78 is 0. The summed E-state index contributed by atoms with van der Waals surface area (Å²) in [6.07, 6.45) is 5.60. The fourth-order valence-electron chi connectivity index (χ4n) is 0.548. The van der Waals surface area contributed by atoms with Gasteiger partial charge in [-0.05, 0) is 6.92 Å². The zero-order valence-electron chi connectivity index (χ0n) is 5.92. The van der Waals surface area contributed by atoms with Crippen molar-refractivity contribution in [2.24, 2.45) is 0 Å². The average molecular weight is 157 g/mol. The van der Waals surface area contributed by atoms with Crippen molar-refractivity contribution in [3.63, 3.8) is 0 Å². The summed E-state index contributed by atoms with van der Waals surface area (Å²) in [5, 5.41) is 2.67. The lowest BCUT2D eigenvalue weighted by Crippen LogP contribution is -2.32. The number of terminal acetylenes is 1. The van der Waals surface area contributed by atoms with E-state index in [-0.39, 0.29) is 17.7 Å². The minimum absolute atomic E-state index is 0.0599. The van der Waals surface area contributed by atoms with E-state index in [0.29, 0.717) is 6.42 Å². The summed E-state index contributed by atoms with van der Waals surface area (Å²) in [7, 11) is 0. The molecule has 10 heavy (non-hydrogen) atoms. The molecule has 0 aromatic rings. The number of rotatable bonds is 3. The third-order valence-electron chi connectivity index (χ3n) is 0.975. The predicted molar refractivity (Wildman–Crippen MR) is 44.9 cm³/mol. The van der Waals surface area contributed by atoms with E-state index in [9.17, 15) is 4.79 Å². The van der Waals surface area contributed by atoms with Gasteiger partial charge in [0.2, 0.25) is 5.91 Å². The van der Waals surface area contributed by atoms with Gasteiger partial charge >= 0.3 is 0 Å². The van der Waals surface area contributed by atoms with Crippen molar-refractivity contribution < 1.29 is 4.79 Å². The monoisotopic (exact) mass is 157 g/mol. The van der Waals surface area contributed by atoms with Gasteiger partial charge in [0.25, 0.3) is 0 Å². The van der Waals surface area contributed by atoms with Crippen molar-refractivity contribution in [3.8, 4) is 12.3 Å². The van der Waals surface area contributed by atoms with Gasteiger partial charge in [0.05, 0.1) is 5.75 Å². The molecule has 1 amide bonds. The Labute approximate surface area is 66.8 Å².